The summed E-state index contributed by atoms with van der Waals surface area (Å²) in [5.41, 5.74) is 0.719. The maximum Gasteiger partial charge on any atom is 0.362 e. The first-order valence-corrected chi connectivity index (χ1v) is 5.56. The van der Waals surface area contributed by atoms with Crippen LogP contribution in [0.15, 0.2) is 30.3 Å². The summed E-state index contributed by atoms with van der Waals surface area (Å²) in [6.45, 7) is -0.729. The molecule has 1 aromatic rings. The number of alkyl halides is 4. The van der Waals surface area contributed by atoms with Crippen molar-refractivity contribution in [1.82, 2.24) is 0 Å². The molecule has 0 bridgehead atoms. The Morgan fingerprint density at radius 2 is 1.74 bits per heavy atom. The van der Waals surface area contributed by atoms with E-state index in [2.05, 4.69) is 4.74 Å². The van der Waals surface area contributed by atoms with Crippen LogP contribution < -0.4 is 0 Å². The normalized spacial score (nSPS) is 28.5. The van der Waals surface area contributed by atoms with Crippen LogP contribution in [-0.2, 0) is 16.1 Å². The summed E-state index contributed by atoms with van der Waals surface area (Å²) >= 11 is 0. The molecule has 3 nitrogen and oxygen atoms in total. The Kier molecular flexibility index (Phi) is 3.80. The van der Waals surface area contributed by atoms with Crippen molar-refractivity contribution in [2.24, 2.45) is 0 Å². The van der Waals surface area contributed by atoms with Crippen LogP contribution in [0.2, 0.25) is 0 Å². The molecular formula is C12H12F4O3. The number of ether oxygens (including phenoxy) is 2. The molecule has 1 aliphatic rings. The standard InChI is InChI=1S/C12H12F4O3/c13-11(14)9(19-10(17)12(11,15)16)7-18-6-8-4-2-1-3-5-8/h1-5,9-10,17H,6-7H2/t9-,10?/m0/s1. The van der Waals surface area contributed by atoms with Gasteiger partial charge in [0.2, 0.25) is 6.29 Å². The van der Waals surface area contributed by atoms with Gasteiger partial charge in [0.1, 0.15) is 0 Å². The fraction of sp³-hybridized carbons (Fsp3) is 0.500. The molecule has 2 rings (SSSR count). The largest absolute Gasteiger partial charge is 0.374 e. The summed E-state index contributed by atoms with van der Waals surface area (Å²) in [5.74, 6) is -9.06. The molecule has 0 saturated carbocycles. The van der Waals surface area contributed by atoms with Crippen LogP contribution >= 0.6 is 0 Å². The summed E-state index contributed by atoms with van der Waals surface area (Å²) in [5, 5.41) is 8.77. The number of hydrogen-bond acceptors (Lipinski definition) is 3. The van der Waals surface area contributed by atoms with Crippen molar-refractivity contribution in [2.45, 2.75) is 30.8 Å². The second-order valence-electron chi connectivity index (χ2n) is 4.22. The molecular weight excluding hydrogens is 268 g/mol. The fourth-order valence-electron chi connectivity index (χ4n) is 1.71. The van der Waals surface area contributed by atoms with Crippen molar-refractivity contribution < 1.29 is 32.1 Å². The van der Waals surface area contributed by atoms with Gasteiger partial charge in [0.05, 0.1) is 13.2 Å². The summed E-state index contributed by atoms with van der Waals surface area (Å²) in [7, 11) is 0. The summed E-state index contributed by atoms with van der Waals surface area (Å²) < 4.78 is 61.5. The number of benzene rings is 1. The quantitative estimate of drug-likeness (QED) is 0.859. The van der Waals surface area contributed by atoms with Crippen LogP contribution in [0.5, 0.6) is 0 Å². The Labute approximate surface area is 106 Å². The van der Waals surface area contributed by atoms with Gasteiger partial charge in [-0.25, -0.2) is 0 Å². The van der Waals surface area contributed by atoms with E-state index in [-0.39, 0.29) is 6.61 Å². The predicted molar refractivity (Wildman–Crippen MR) is 56.9 cm³/mol. The van der Waals surface area contributed by atoms with Crippen molar-refractivity contribution >= 4 is 0 Å². The molecule has 0 amide bonds. The third kappa shape index (κ3) is 2.58. The third-order valence-electron chi connectivity index (χ3n) is 2.83. The molecule has 106 valence electrons. The van der Waals surface area contributed by atoms with Gasteiger partial charge in [0.25, 0.3) is 0 Å². The van der Waals surface area contributed by atoms with E-state index in [1.54, 1.807) is 30.3 Å². The van der Waals surface area contributed by atoms with Gasteiger partial charge in [-0.05, 0) is 5.56 Å². The monoisotopic (exact) mass is 280 g/mol. The molecule has 7 heteroatoms. The number of aliphatic hydroxyl groups excluding tert-OH is 1. The smallest absolute Gasteiger partial charge is 0.362 e. The van der Waals surface area contributed by atoms with Gasteiger partial charge in [0, 0.05) is 0 Å². The number of rotatable bonds is 4. The average molecular weight is 280 g/mol. The van der Waals surface area contributed by atoms with Crippen LogP contribution in [0, 0.1) is 0 Å². The van der Waals surface area contributed by atoms with Crippen LogP contribution in [0.1, 0.15) is 5.56 Å². The molecule has 1 aliphatic heterocycles. The Hall–Kier alpha value is -1.18. The summed E-state index contributed by atoms with van der Waals surface area (Å²) in [4.78, 5) is 0. The van der Waals surface area contributed by atoms with Crippen LogP contribution in [0.25, 0.3) is 0 Å². The van der Waals surface area contributed by atoms with Gasteiger partial charge in [-0.3, -0.25) is 0 Å². The van der Waals surface area contributed by atoms with Crippen molar-refractivity contribution in [2.75, 3.05) is 6.61 Å². The van der Waals surface area contributed by atoms with E-state index in [1.807, 2.05) is 0 Å². The van der Waals surface area contributed by atoms with Crippen molar-refractivity contribution in [3.63, 3.8) is 0 Å². The minimum atomic E-state index is -4.60. The minimum Gasteiger partial charge on any atom is -0.374 e. The summed E-state index contributed by atoms with van der Waals surface area (Å²) in [6, 6.07) is 8.65. The van der Waals surface area contributed by atoms with Crippen molar-refractivity contribution in [1.29, 1.82) is 0 Å². The zero-order valence-electron chi connectivity index (χ0n) is 9.73. The molecule has 0 aromatic heterocycles. The Bertz CT molecular complexity index is 424. The number of hydrogen-bond donors (Lipinski definition) is 1. The molecule has 1 saturated heterocycles. The second-order valence-corrected chi connectivity index (χ2v) is 4.22. The maximum atomic E-state index is 13.2. The van der Waals surface area contributed by atoms with Gasteiger partial charge < -0.3 is 14.6 Å². The van der Waals surface area contributed by atoms with Crippen LogP contribution in [0.3, 0.4) is 0 Å². The lowest BCUT2D eigenvalue weighted by molar-refractivity contribution is -0.234. The SMILES string of the molecule is OC1O[C@@H](COCc2ccccc2)C(F)(F)C1(F)F. The Morgan fingerprint density at radius 3 is 2.26 bits per heavy atom. The highest BCUT2D eigenvalue weighted by atomic mass is 19.3. The maximum absolute atomic E-state index is 13.2. The van der Waals surface area contributed by atoms with E-state index in [1.165, 1.54) is 0 Å². The van der Waals surface area contributed by atoms with Gasteiger partial charge in [-0.1, -0.05) is 30.3 Å². The fourth-order valence-corrected chi connectivity index (χ4v) is 1.71. The lowest BCUT2D eigenvalue weighted by Crippen LogP contribution is -2.47. The molecule has 0 radical (unpaired) electrons. The zero-order valence-corrected chi connectivity index (χ0v) is 9.73. The molecule has 1 heterocycles. The number of halogens is 4. The van der Waals surface area contributed by atoms with E-state index >= 15 is 0 Å². The second kappa shape index (κ2) is 5.07. The third-order valence-corrected chi connectivity index (χ3v) is 2.83. The summed E-state index contributed by atoms with van der Waals surface area (Å²) in [6.07, 6.45) is -4.98. The minimum absolute atomic E-state index is 0.00154. The molecule has 1 unspecified atom stereocenters. The first-order valence-electron chi connectivity index (χ1n) is 5.56. The molecule has 1 N–H and O–H groups in total. The predicted octanol–water partition coefficient (Wildman–Crippen LogP) is 2.19. The van der Waals surface area contributed by atoms with Crippen LogP contribution in [0.4, 0.5) is 17.6 Å². The average Bonchev–Trinajstić information content (AvgIpc) is 2.51. The Morgan fingerprint density at radius 1 is 1.11 bits per heavy atom. The van der Waals surface area contributed by atoms with E-state index < -0.39 is 30.8 Å². The highest BCUT2D eigenvalue weighted by molar-refractivity contribution is 5.13. The van der Waals surface area contributed by atoms with E-state index in [4.69, 9.17) is 9.84 Å². The topological polar surface area (TPSA) is 38.7 Å². The lowest BCUT2D eigenvalue weighted by atomic mass is 10.1. The molecule has 2 atom stereocenters. The first kappa shape index (κ1) is 14.2. The molecule has 1 fully saturated rings. The Balaban J connectivity index is 1.91. The van der Waals surface area contributed by atoms with E-state index in [0.717, 1.165) is 5.56 Å². The molecule has 19 heavy (non-hydrogen) atoms. The molecule has 1 aromatic carbocycles. The highest BCUT2D eigenvalue weighted by Gasteiger charge is 2.72. The van der Waals surface area contributed by atoms with Gasteiger partial charge >= 0.3 is 11.8 Å². The van der Waals surface area contributed by atoms with Gasteiger partial charge in [0.15, 0.2) is 6.10 Å². The van der Waals surface area contributed by atoms with E-state index in [9.17, 15) is 17.6 Å². The van der Waals surface area contributed by atoms with Gasteiger partial charge in [-0.2, -0.15) is 17.6 Å². The number of aliphatic hydroxyl groups is 1. The van der Waals surface area contributed by atoms with Gasteiger partial charge in [-0.15, -0.1) is 0 Å². The zero-order chi connectivity index (χ0) is 14.1. The molecule has 0 aliphatic carbocycles. The lowest BCUT2D eigenvalue weighted by Gasteiger charge is -2.21. The van der Waals surface area contributed by atoms with Crippen molar-refractivity contribution in [3.05, 3.63) is 35.9 Å². The molecule has 0 spiro atoms. The van der Waals surface area contributed by atoms with E-state index in [0.29, 0.717) is 0 Å². The van der Waals surface area contributed by atoms with Crippen molar-refractivity contribution in [3.8, 4) is 0 Å². The highest BCUT2D eigenvalue weighted by Crippen LogP contribution is 2.47. The first-order chi connectivity index (χ1) is 8.85. The van der Waals surface area contributed by atoms with Crippen LogP contribution in [-0.4, -0.2) is 36.0 Å².